The van der Waals surface area contributed by atoms with E-state index < -0.39 is 0 Å². The Kier molecular flexibility index (Phi) is 6.67. The summed E-state index contributed by atoms with van der Waals surface area (Å²) < 4.78 is 13.8. The van der Waals surface area contributed by atoms with Crippen LogP contribution in [-0.4, -0.2) is 12.4 Å². The first-order chi connectivity index (χ1) is 11.2. The van der Waals surface area contributed by atoms with Crippen molar-refractivity contribution in [2.24, 2.45) is 10.2 Å². The Morgan fingerprint density at radius 1 is 0.826 bits per heavy atom. The third kappa shape index (κ3) is 5.44. The van der Waals surface area contributed by atoms with Gasteiger partial charge in [-0.2, -0.15) is 10.2 Å². The fourth-order valence-electron chi connectivity index (χ4n) is 2.37. The molecule has 0 aromatic heterocycles. The number of rotatable bonds is 7. The van der Waals surface area contributed by atoms with Gasteiger partial charge in [-0.25, -0.2) is 4.39 Å². The second-order valence-corrected chi connectivity index (χ2v) is 5.58. The van der Waals surface area contributed by atoms with Gasteiger partial charge < -0.3 is 0 Å². The number of hydrogen-bond acceptors (Lipinski definition) is 2. The van der Waals surface area contributed by atoms with Gasteiger partial charge in [-0.15, -0.1) is 0 Å². The average Bonchev–Trinajstić information content (AvgIpc) is 2.56. The van der Waals surface area contributed by atoms with Crippen LogP contribution in [0, 0.1) is 5.82 Å². The summed E-state index contributed by atoms with van der Waals surface area (Å²) in [7, 11) is 0. The zero-order valence-corrected chi connectivity index (χ0v) is 13.8. The molecule has 0 N–H and O–H groups in total. The Bertz CT molecular complexity index is 673. The zero-order valence-electron chi connectivity index (χ0n) is 13.8. The molecule has 0 saturated heterocycles. The van der Waals surface area contributed by atoms with Crippen molar-refractivity contribution in [3.05, 3.63) is 70.5 Å². The first kappa shape index (κ1) is 17.1. The van der Waals surface area contributed by atoms with Crippen molar-refractivity contribution in [2.45, 2.75) is 39.5 Å². The van der Waals surface area contributed by atoms with Gasteiger partial charge in [-0.05, 0) is 41.2 Å². The molecule has 0 radical (unpaired) electrons. The lowest BCUT2D eigenvalue weighted by atomic mass is 10.1. The van der Waals surface area contributed by atoms with E-state index in [1.165, 1.54) is 11.6 Å². The van der Waals surface area contributed by atoms with Crippen LogP contribution in [0.5, 0.6) is 0 Å². The molecule has 0 fully saturated rings. The summed E-state index contributed by atoms with van der Waals surface area (Å²) in [5.74, 6) is -0.175. The number of benzene rings is 2. The van der Waals surface area contributed by atoms with Gasteiger partial charge >= 0.3 is 0 Å². The number of halogens is 1. The molecule has 0 aliphatic rings. The molecule has 2 aromatic rings. The largest absolute Gasteiger partial charge is 0.207 e. The molecule has 0 aliphatic carbocycles. The first-order valence-corrected chi connectivity index (χ1v) is 8.16. The van der Waals surface area contributed by atoms with Crippen LogP contribution in [-0.2, 0) is 12.8 Å². The van der Waals surface area contributed by atoms with Crippen LogP contribution in [0.2, 0.25) is 0 Å². The molecule has 2 nitrogen and oxygen atoms in total. The summed E-state index contributed by atoms with van der Waals surface area (Å²) in [5, 5.41) is 8.01. The molecule has 3 heteroatoms. The molecule has 0 amide bonds. The van der Waals surface area contributed by atoms with Gasteiger partial charge in [0, 0.05) is 0 Å². The van der Waals surface area contributed by atoms with E-state index in [4.69, 9.17) is 0 Å². The smallest absolute Gasteiger partial charge is 0.127 e. The molecule has 0 spiro atoms. The van der Waals surface area contributed by atoms with Gasteiger partial charge in [0.1, 0.15) is 5.82 Å². The van der Waals surface area contributed by atoms with Crippen molar-refractivity contribution < 1.29 is 4.39 Å². The highest BCUT2D eigenvalue weighted by atomic mass is 19.1. The summed E-state index contributed by atoms with van der Waals surface area (Å²) in [5.41, 5.74) is 3.81. The van der Waals surface area contributed by atoms with Gasteiger partial charge in [0.2, 0.25) is 0 Å². The molecule has 120 valence electrons. The van der Waals surface area contributed by atoms with E-state index in [0.717, 1.165) is 42.4 Å². The van der Waals surface area contributed by atoms with Crippen molar-refractivity contribution in [3.8, 4) is 0 Å². The maximum atomic E-state index is 13.8. The SMILES string of the molecule is CCCc1ccc(/C=N/N=C/c2ccc(CCC)c(F)c2)cc1. The van der Waals surface area contributed by atoms with Crippen molar-refractivity contribution in [1.82, 2.24) is 0 Å². The Hall–Kier alpha value is -2.29. The third-order valence-electron chi connectivity index (χ3n) is 3.60. The predicted molar refractivity (Wildman–Crippen MR) is 96.0 cm³/mol. The minimum atomic E-state index is -0.175. The number of nitrogens with zero attached hydrogens (tertiary/aromatic N) is 2. The highest BCUT2D eigenvalue weighted by Gasteiger charge is 2.01. The first-order valence-electron chi connectivity index (χ1n) is 8.16. The van der Waals surface area contributed by atoms with Crippen LogP contribution in [0.15, 0.2) is 52.7 Å². The quantitative estimate of drug-likeness (QED) is 0.497. The number of aryl methyl sites for hydroxylation is 2. The minimum absolute atomic E-state index is 0.175. The monoisotopic (exact) mass is 310 g/mol. The van der Waals surface area contributed by atoms with Crippen molar-refractivity contribution in [3.63, 3.8) is 0 Å². The molecular formula is C20H23FN2. The standard InChI is InChI=1S/C20H23FN2/c1-3-5-16-7-9-17(10-8-16)14-22-23-15-18-11-12-19(6-4-2)20(21)13-18/h7-15H,3-6H2,1-2H3/b22-14+,23-15+. The molecule has 0 atom stereocenters. The van der Waals surface area contributed by atoms with E-state index >= 15 is 0 Å². The van der Waals surface area contributed by atoms with E-state index in [1.807, 2.05) is 31.2 Å². The lowest BCUT2D eigenvalue weighted by Crippen LogP contribution is -1.92. The van der Waals surface area contributed by atoms with Crippen LogP contribution in [0.4, 0.5) is 4.39 Å². The van der Waals surface area contributed by atoms with Crippen molar-refractivity contribution in [1.29, 1.82) is 0 Å². The van der Waals surface area contributed by atoms with E-state index in [-0.39, 0.29) is 5.82 Å². The van der Waals surface area contributed by atoms with E-state index in [9.17, 15) is 4.39 Å². The van der Waals surface area contributed by atoms with Crippen LogP contribution in [0.3, 0.4) is 0 Å². The molecule has 0 unspecified atom stereocenters. The normalized spacial score (nSPS) is 11.6. The van der Waals surface area contributed by atoms with Crippen molar-refractivity contribution in [2.75, 3.05) is 0 Å². The topological polar surface area (TPSA) is 24.7 Å². The van der Waals surface area contributed by atoms with Gasteiger partial charge in [0.25, 0.3) is 0 Å². The fourth-order valence-corrected chi connectivity index (χ4v) is 2.37. The molecular weight excluding hydrogens is 287 g/mol. The second kappa shape index (κ2) is 8.99. The Labute approximate surface area is 137 Å². The summed E-state index contributed by atoms with van der Waals surface area (Å²) in [6, 6.07) is 13.5. The Balaban J connectivity index is 1.96. The molecule has 2 aromatic carbocycles. The lowest BCUT2D eigenvalue weighted by Gasteiger charge is -2.01. The molecule has 23 heavy (non-hydrogen) atoms. The van der Waals surface area contributed by atoms with Crippen LogP contribution in [0.25, 0.3) is 0 Å². The van der Waals surface area contributed by atoms with Crippen LogP contribution in [0.1, 0.15) is 48.9 Å². The van der Waals surface area contributed by atoms with E-state index in [0.29, 0.717) is 0 Å². The summed E-state index contributed by atoms with van der Waals surface area (Å²) in [4.78, 5) is 0. The highest BCUT2D eigenvalue weighted by molar-refractivity contribution is 5.82. The highest BCUT2D eigenvalue weighted by Crippen LogP contribution is 2.11. The Morgan fingerprint density at radius 2 is 1.43 bits per heavy atom. The van der Waals surface area contributed by atoms with Gasteiger partial charge in [0.05, 0.1) is 12.4 Å². The number of hydrogen-bond donors (Lipinski definition) is 0. The molecule has 0 aliphatic heterocycles. The molecule has 0 saturated carbocycles. The third-order valence-corrected chi connectivity index (χ3v) is 3.60. The van der Waals surface area contributed by atoms with Crippen LogP contribution >= 0.6 is 0 Å². The minimum Gasteiger partial charge on any atom is -0.207 e. The molecule has 2 rings (SSSR count). The summed E-state index contributed by atoms with van der Waals surface area (Å²) in [6.45, 7) is 4.21. The maximum Gasteiger partial charge on any atom is 0.127 e. The summed E-state index contributed by atoms with van der Waals surface area (Å²) >= 11 is 0. The van der Waals surface area contributed by atoms with Crippen molar-refractivity contribution >= 4 is 12.4 Å². The zero-order chi connectivity index (χ0) is 16.5. The average molecular weight is 310 g/mol. The van der Waals surface area contributed by atoms with Gasteiger partial charge in [0.15, 0.2) is 0 Å². The maximum absolute atomic E-state index is 13.8. The predicted octanol–water partition coefficient (Wildman–Crippen LogP) is 5.18. The summed E-state index contributed by atoms with van der Waals surface area (Å²) in [6.07, 6.45) is 7.20. The molecule has 0 bridgehead atoms. The molecule has 0 heterocycles. The second-order valence-electron chi connectivity index (χ2n) is 5.58. The van der Waals surface area contributed by atoms with Crippen LogP contribution < -0.4 is 0 Å². The Morgan fingerprint density at radius 3 is 2.04 bits per heavy atom. The van der Waals surface area contributed by atoms with E-state index in [1.54, 1.807) is 12.4 Å². The fraction of sp³-hybridized carbons (Fsp3) is 0.300. The van der Waals surface area contributed by atoms with Gasteiger partial charge in [-0.1, -0.05) is 63.1 Å². The van der Waals surface area contributed by atoms with Gasteiger partial charge in [-0.3, -0.25) is 0 Å². The van der Waals surface area contributed by atoms with E-state index in [2.05, 4.69) is 29.3 Å². The lowest BCUT2D eigenvalue weighted by molar-refractivity contribution is 0.607.